The van der Waals surface area contributed by atoms with Gasteiger partial charge in [0.2, 0.25) is 5.75 Å². The van der Waals surface area contributed by atoms with Crippen LogP contribution in [0.4, 0.5) is 0 Å². The molecule has 3 aliphatic heterocycles. The molecule has 4 rings (SSSR count). The van der Waals surface area contributed by atoms with Gasteiger partial charge >= 0.3 is 5.97 Å². The van der Waals surface area contributed by atoms with Crippen molar-refractivity contribution in [3.8, 4) is 17.2 Å². The molecule has 2 fully saturated rings. The Balaban J connectivity index is 1.84. The third-order valence-electron chi connectivity index (χ3n) is 6.47. The number of piperidine rings is 1. The molecule has 0 spiro atoms. The van der Waals surface area contributed by atoms with E-state index in [0.29, 0.717) is 5.92 Å². The van der Waals surface area contributed by atoms with Crippen LogP contribution in [0.15, 0.2) is 0 Å². The van der Waals surface area contributed by atoms with E-state index in [2.05, 4.69) is 11.8 Å². The number of hydrogen-bond donors (Lipinski definition) is 5. The molecule has 172 valence electrons. The Kier molecular flexibility index (Phi) is 6.01. The molecule has 2 saturated heterocycles. The van der Waals surface area contributed by atoms with Crippen molar-refractivity contribution in [2.24, 2.45) is 5.92 Å². The summed E-state index contributed by atoms with van der Waals surface area (Å²) in [6.45, 7) is 3.36. The molecular weight excluding hydrogens is 410 g/mol. The lowest BCUT2D eigenvalue weighted by atomic mass is 9.84. The number of aromatic hydroxyl groups is 2. The summed E-state index contributed by atoms with van der Waals surface area (Å²) in [5, 5.41) is 51.9. The van der Waals surface area contributed by atoms with Gasteiger partial charge in [0, 0.05) is 24.2 Å². The van der Waals surface area contributed by atoms with Crippen molar-refractivity contribution in [3.05, 3.63) is 16.7 Å². The van der Waals surface area contributed by atoms with Gasteiger partial charge < -0.3 is 39.7 Å². The molecular formula is C21H29NO9. The summed E-state index contributed by atoms with van der Waals surface area (Å²) in [6, 6.07) is 0. The molecule has 5 N–H and O–H groups in total. The quantitative estimate of drug-likeness (QED) is 0.407. The van der Waals surface area contributed by atoms with Crippen LogP contribution in [0.5, 0.6) is 17.2 Å². The van der Waals surface area contributed by atoms with Crippen molar-refractivity contribution in [1.82, 2.24) is 4.90 Å². The van der Waals surface area contributed by atoms with Crippen LogP contribution >= 0.6 is 0 Å². The summed E-state index contributed by atoms with van der Waals surface area (Å²) >= 11 is 0. The largest absolute Gasteiger partial charge is 0.504 e. The van der Waals surface area contributed by atoms with Crippen molar-refractivity contribution in [3.63, 3.8) is 0 Å². The van der Waals surface area contributed by atoms with Gasteiger partial charge in [0.1, 0.15) is 24.4 Å². The number of methoxy groups -OCH3 is 1. The van der Waals surface area contributed by atoms with E-state index in [1.165, 1.54) is 7.11 Å². The highest BCUT2D eigenvalue weighted by atomic mass is 16.6. The van der Waals surface area contributed by atoms with E-state index < -0.39 is 48.8 Å². The van der Waals surface area contributed by atoms with Crippen LogP contribution < -0.4 is 4.74 Å². The van der Waals surface area contributed by atoms with Crippen LogP contribution in [0.3, 0.4) is 0 Å². The van der Waals surface area contributed by atoms with Gasteiger partial charge in [-0.25, -0.2) is 4.79 Å². The van der Waals surface area contributed by atoms with Crippen LogP contribution in [0.2, 0.25) is 0 Å². The highest BCUT2D eigenvalue weighted by Gasteiger charge is 2.53. The van der Waals surface area contributed by atoms with Crippen molar-refractivity contribution < 1.29 is 44.5 Å². The fourth-order valence-electron chi connectivity index (χ4n) is 4.92. The molecule has 3 heterocycles. The van der Waals surface area contributed by atoms with Gasteiger partial charge in [0.25, 0.3) is 0 Å². The summed E-state index contributed by atoms with van der Waals surface area (Å²) in [6.07, 6.45) is -4.51. The lowest BCUT2D eigenvalue weighted by Gasteiger charge is -2.45. The van der Waals surface area contributed by atoms with Crippen LogP contribution in [0, 0.1) is 5.92 Å². The summed E-state index contributed by atoms with van der Waals surface area (Å²) in [4.78, 5) is 15.1. The Labute approximate surface area is 179 Å². The van der Waals surface area contributed by atoms with E-state index in [9.17, 15) is 30.3 Å². The SMILES string of the molecule is COc1c(O)c(CN2CCCC(C)C2)c2c(c1O)C1O[C@@H](CO)[C@H](O)[C@@H](O)C1OC2=O. The van der Waals surface area contributed by atoms with Crippen LogP contribution in [-0.2, 0) is 16.0 Å². The fraction of sp³-hybridized carbons (Fsp3) is 0.667. The van der Waals surface area contributed by atoms with E-state index in [4.69, 9.17) is 14.2 Å². The van der Waals surface area contributed by atoms with E-state index in [0.717, 1.165) is 25.9 Å². The first kappa shape index (κ1) is 22.1. The van der Waals surface area contributed by atoms with Gasteiger partial charge in [0.05, 0.1) is 19.3 Å². The first-order valence-electron chi connectivity index (χ1n) is 10.5. The third kappa shape index (κ3) is 3.62. The molecule has 6 atom stereocenters. The number of nitrogens with zero attached hydrogens (tertiary/aromatic N) is 1. The molecule has 0 bridgehead atoms. The number of carbonyl (C=O) groups is 1. The number of phenolic OH excluding ortho intramolecular Hbond substituents is 2. The van der Waals surface area contributed by atoms with E-state index in [-0.39, 0.29) is 34.7 Å². The Morgan fingerprint density at radius 3 is 2.58 bits per heavy atom. The first-order chi connectivity index (χ1) is 14.8. The number of aliphatic hydroxyl groups excluding tert-OH is 3. The molecule has 3 unspecified atom stereocenters. The standard InChI is InChI=1S/C21H29NO9/c1-9-4-3-5-22(6-9)7-10-12-13(16(26)19(29-2)14(10)24)18-20(31-21(12)28)17(27)15(25)11(8-23)30-18/h9,11,15,17-18,20,23-27H,3-8H2,1-2H3/t9?,11-,15-,17+,18?,20?/m0/s1. The first-order valence-corrected chi connectivity index (χ1v) is 10.5. The summed E-state index contributed by atoms with van der Waals surface area (Å²) in [5.41, 5.74) is 0.211. The molecule has 1 aromatic rings. The van der Waals surface area contributed by atoms with Crippen molar-refractivity contribution in [1.29, 1.82) is 0 Å². The number of esters is 1. The lowest BCUT2D eigenvalue weighted by Crippen LogP contribution is -2.58. The lowest BCUT2D eigenvalue weighted by molar-refractivity contribution is -0.235. The molecule has 10 nitrogen and oxygen atoms in total. The molecule has 0 saturated carbocycles. The average Bonchev–Trinajstić information content (AvgIpc) is 2.74. The second-order valence-electron chi connectivity index (χ2n) is 8.61. The molecule has 0 aliphatic carbocycles. The fourth-order valence-corrected chi connectivity index (χ4v) is 4.92. The highest BCUT2D eigenvalue weighted by molar-refractivity contribution is 5.97. The van der Waals surface area contributed by atoms with Gasteiger partial charge in [-0.2, -0.15) is 0 Å². The minimum atomic E-state index is -1.53. The molecule has 10 heteroatoms. The van der Waals surface area contributed by atoms with Crippen molar-refractivity contribution in [2.75, 3.05) is 26.8 Å². The molecule has 0 amide bonds. The molecule has 0 aromatic heterocycles. The molecule has 3 aliphatic rings. The normalized spacial score (nSPS) is 33.4. The third-order valence-corrected chi connectivity index (χ3v) is 6.47. The van der Waals surface area contributed by atoms with Gasteiger partial charge in [-0.1, -0.05) is 6.92 Å². The number of rotatable bonds is 4. The van der Waals surface area contributed by atoms with Gasteiger partial charge in [-0.15, -0.1) is 0 Å². The summed E-state index contributed by atoms with van der Waals surface area (Å²) < 4.78 is 16.3. The number of aliphatic hydroxyl groups is 3. The van der Waals surface area contributed by atoms with Gasteiger partial charge in [0.15, 0.2) is 17.6 Å². The minimum Gasteiger partial charge on any atom is -0.504 e. The predicted molar refractivity (Wildman–Crippen MR) is 106 cm³/mol. The Morgan fingerprint density at radius 2 is 1.94 bits per heavy atom. The minimum absolute atomic E-state index is 0.0142. The second kappa shape index (κ2) is 8.44. The molecule has 0 radical (unpaired) electrons. The number of fused-ring (bicyclic) bond motifs is 3. The average molecular weight is 439 g/mol. The zero-order valence-corrected chi connectivity index (χ0v) is 17.5. The van der Waals surface area contributed by atoms with Crippen LogP contribution in [0.1, 0.15) is 47.4 Å². The van der Waals surface area contributed by atoms with Crippen LogP contribution in [0.25, 0.3) is 0 Å². The molecule has 1 aromatic carbocycles. The topological polar surface area (TPSA) is 149 Å². The zero-order chi connectivity index (χ0) is 22.4. The second-order valence-corrected chi connectivity index (χ2v) is 8.61. The number of ether oxygens (including phenoxy) is 3. The number of hydrogen-bond acceptors (Lipinski definition) is 10. The van der Waals surface area contributed by atoms with E-state index in [1.807, 2.05) is 0 Å². The number of benzene rings is 1. The Hall–Kier alpha value is -2.11. The monoisotopic (exact) mass is 439 g/mol. The Morgan fingerprint density at radius 1 is 1.19 bits per heavy atom. The number of likely N-dealkylation sites (tertiary alicyclic amines) is 1. The maximum absolute atomic E-state index is 13.0. The van der Waals surface area contributed by atoms with E-state index in [1.54, 1.807) is 0 Å². The summed E-state index contributed by atoms with van der Waals surface area (Å²) in [5.74, 6) is -1.45. The number of carbonyl (C=O) groups excluding carboxylic acids is 1. The van der Waals surface area contributed by atoms with Gasteiger partial charge in [-0.3, -0.25) is 4.90 Å². The zero-order valence-electron chi connectivity index (χ0n) is 17.5. The Bertz CT molecular complexity index is 860. The van der Waals surface area contributed by atoms with Crippen molar-refractivity contribution >= 4 is 5.97 Å². The van der Waals surface area contributed by atoms with Crippen LogP contribution in [-0.4, -0.2) is 87.6 Å². The van der Waals surface area contributed by atoms with Gasteiger partial charge in [-0.05, 0) is 25.3 Å². The van der Waals surface area contributed by atoms with Crippen molar-refractivity contribution in [2.45, 2.75) is 56.8 Å². The maximum atomic E-state index is 13.0. The predicted octanol–water partition coefficient (Wildman–Crippen LogP) is 0.0313. The smallest absolute Gasteiger partial charge is 0.339 e. The highest BCUT2D eigenvalue weighted by Crippen LogP contribution is 2.52. The van der Waals surface area contributed by atoms with E-state index >= 15 is 0 Å². The number of phenols is 2. The maximum Gasteiger partial charge on any atom is 0.339 e. The molecule has 31 heavy (non-hydrogen) atoms. The summed E-state index contributed by atoms with van der Waals surface area (Å²) in [7, 11) is 1.28.